The molecule has 0 bridgehead atoms. The van der Waals surface area contributed by atoms with Gasteiger partial charge in [0.15, 0.2) is 0 Å². The van der Waals surface area contributed by atoms with Crippen molar-refractivity contribution in [3.63, 3.8) is 0 Å². The van der Waals surface area contributed by atoms with Crippen LogP contribution in [0.5, 0.6) is 0 Å². The molecule has 0 spiro atoms. The van der Waals surface area contributed by atoms with Gasteiger partial charge < -0.3 is 0 Å². The molecule has 0 atom stereocenters. The molecule has 0 aromatic heterocycles. The van der Waals surface area contributed by atoms with E-state index in [1.807, 2.05) is 0 Å². The fourth-order valence-corrected chi connectivity index (χ4v) is 2.07. The summed E-state index contributed by atoms with van der Waals surface area (Å²) < 4.78 is 0. The summed E-state index contributed by atoms with van der Waals surface area (Å²) in [4.78, 5) is 0. The first-order valence-corrected chi connectivity index (χ1v) is 4.72. The van der Waals surface area contributed by atoms with Crippen LogP contribution in [0, 0.1) is 17.8 Å². The Morgan fingerprint density at radius 1 is 1.20 bits per heavy atom. The highest BCUT2D eigenvalue weighted by Crippen LogP contribution is 2.39. The summed E-state index contributed by atoms with van der Waals surface area (Å²) >= 11 is 0. The fraction of sp³-hybridized carbons (Fsp3) is 1.00. The van der Waals surface area contributed by atoms with Crippen molar-refractivity contribution >= 4 is 0 Å². The molecule has 0 heterocycles. The summed E-state index contributed by atoms with van der Waals surface area (Å²) in [5.74, 6) is 3.09. The Balaban J connectivity index is 2.03. The molecule has 1 saturated carbocycles. The van der Waals surface area contributed by atoms with Crippen LogP contribution in [0.25, 0.3) is 0 Å². The van der Waals surface area contributed by atoms with Gasteiger partial charge in [-0.3, -0.25) is 0 Å². The Labute approximate surface area is 65.0 Å². The first kappa shape index (κ1) is 8.10. The lowest BCUT2D eigenvalue weighted by Crippen LogP contribution is -2.24. The van der Waals surface area contributed by atoms with E-state index >= 15 is 0 Å². The Morgan fingerprint density at radius 3 is 2.20 bits per heavy atom. The quantitative estimate of drug-likeness (QED) is 0.563. The third-order valence-corrected chi connectivity index (χ3v) is 2.72. The van der Waals surface area contributed by atoms with E-state index < -0.39 is 0 Å². The zero-order valence-electron chi connectivity index (χ0n) is 7.56. The maximum Gasteiger partial charge on any atom is -0.0407 e. The van der Waals surface area contributed by atoms with Gasteiger partial charge >= 0.3 is 0 Å². The molecule has 0 N–H and O–H groups in total. The van der Waals surface area contributed by atoms with Crippen LogP contribution in [-0.4, -0.2) is 0 Å². The van der Waals surface area contributed by atoms with Gasteiger partial charge in [0, 0.05) is 0 Å². The van der Waals surface area contributed by atoms with Crippen LogP contribution in [0.2, 0.25) is 0 Å². The van der Waals surface area contributed by atoms with E-state index in [4.69, 9.17) is 0 Å². The van der Waals surface area contributed by atoms with Gasteiger partial charge in [-0.25, -0.2) is 0 Å². The van der Waals surface area contributed by atoms with Crippen LogP contribution in [0.15, 0.2) is 0 Å². The molecule has 0 heteroatoms. The lowest BCUT2D eigenvalue weighted by Gasteiger charge is -2.35. The van der Waals surface area contributed by atoms with Gasteiger partial charge in [0.25, 0.3) is 0 Å². The van der Waals surface area contributed by atoms with E-state index in [-0.39, 0.29) is 0 Å². The zero-order valence-corrected chi connectivity index (χ0v) is 7.56. The minimum absolute atomic E-state index is 0.919. The smallest absolute Gasteiger partial charge is 0.0407 e. The monoisotopic (exact) mass is 140 g/mol. The van der Waals surface area contributed by atoms with Crippen LogP contribution < -0.4 is 0 Å². The van der Waals surface area contributed by atoms with Crippen molar-refractivity contribution < 1.29 is 0 Å². The second-order valence-corrected chi connectivity index (χ2v) is 4.24. The average Bonchev–Trinajstić information content (AvgIpc) is 1.76. The molecule has 1 rings (SSSR count). The van der Waals surface area contributed by atoms with Crippen molar-refractivity contribution in [1.82, 2.24) is 0 Å². The normalized spacial score (nSPS) is 32.4. The number of hydrogen-bond donors (Lipinski definition) is 0. The summed E-state index contributed by atoms with van der Waals surface area (Å²) in [6, 6.07) is 0. The first-order valence-electron chi connectivity index (χ1n) is 4.72. The highest BCUT2D eigenvalue weighted by molar-refractivity contribution is 4.78. The summed E-state index contributed by atoms with van der Waals surface area (Å²) in [6.45, 7) is 6.98. The average molecular weight is 140 g/mol. The van der Waals surface area contributed by atoms with Gasteiger partial charge in [0.2, 0.25) is 0 Å². The molecule has 0 unspecified atom stereocenters. The molecule has 0 aromatic rings. The SMILES string of the molecule is CCC1CC(CC(C)C)C1. The molecule has 10 heavy (non-hydrogen) atoms. The van der Waals surface area contributed by atoms with Crippen molar-refractivity contribution in [2.24, 2.45) is 17.8 Å². The molecule has 1 aliphatic carbocycles. The number of hydrogen-bond acceptors (Lipinski definition) is 0. The standard InChI is InChI=1S/C10H20/c1-4-9-6-10(7-9)5-8(2)3/h8-10H,4-7H2,1-3H3. The molecule has 1 fully saturated rings. The third kappa shape index (κ3) is 2.00. The van der Waals surface area contributed by atoms with E-state index in [1.54, 1.807) is 0 Å². The summed E-state index contributed by atoms with van der Waals surface area (Å²) in [5.41, 5.74) is 0. The van der Waals surface area contributed by atoms with Crippen LogP contribution in [0.1, 0.15) is 46.5 Å². The predicted octanol–water partition coefficient (Wildman–Crippen LogP) is 3.47. The minimum atomic E-state index is 0.919. The fourth-order valence-electron chi connectivity index (χ4n) is 2.07. The van der Waals surface area contributed by atoms with E-state index in [0.29, 0.717) is 0 Å². The second kappa shape index (κ2) is 3.41. The van der Waals surface area contributed by atoms with Crippen LogP contribution in [0.4, 0.5) is 0 Å². The molecular weight excluding hydrogens is 120 g/mol. The summed E-state index contributed by atoms with van der Waals surface area (Å²) in [7, 11) is 0. The van der Waals surface area contributed by atoms with Crippen molar-refractivity contribution in [2.45, 2.75) is 46.5 Å². The highest BCUT2D eigenvalue weighted by atomic mass is 14.3. The van der Waals surface area contributed by atoms with Gasteiger partial charge in [-0.2, -0.15) is 0 Å². The van der Waals surface area contributed by atoms with Gasteiger partial charge in [0.05, 0.1) is 0 Å². The number of rotatable bonds is 3. The lowest BCUT2D eigenvalue weighted by atomic mass is 9.70. The van der Waals surface area contributed by atoms with Crippen LogP contribution in [-0.2, 0) is 0 Å². The van der Waals surface area contributed by atoms with E-state index in [9.17, 15) is 0 Å². The Hall–Kier alpha value is 0. The molecule has 0 amide bonds. The second-order valence-electron chi connectivity index (χ2n) is 4.24. The summed E-state index contributed by atoms with van der Waals surface area (Å²) in [5, 5.41) is 0. The van der Waals surface area contributed by atoms with Crippen molar-refractivity contribution in [1.29, 1.82) is 0 Å². The molecule has 0 radical (unpaired) electrons. The van der Waals surface area contributed by atoms with Gasteiger partial charge in [-0.05, 0) is 37.0 Å². The Kier molecular flexibility index (Phi) is 2.76. The van der Waals surface area contributed by atoms with Crippen LogP contribution in [0.3, 0.4) is 0 Å². The van der Waals surface area contributed by atoms with Crippen molar-refractivity contribution in [3.8, 4) is 0 Å². The summed E-state index contributed by atoms with van der Waals surface area (Å²) in [6.07, 6.45) is 5.93. The Bertz CT molecular complexity index is 88.2. The highest BCUT2D eigenvalue weighted by Gasteiger charge is 2.27. The van der Waals surface area contributed by atoms with Crippen molar-refractivity contribution in [2.75, 3.05) is 0 Å². The third-order valence-electron chi connectivity index (χ3n) is 2.72. The van der Waals surface area contributed by atoms with Crippen molar-refractivity contribution in [3.05, 3.63) is 0 Å². The van der Waals surface area contributed by atoms with E-state index in [2.05, 4.69) is 20.8 Å². The molecule has 0 nitrogen and oxygen atoms in total. The minimum Gasteiger partial charge on any atom is -0.0651 e. The van der Waals surface area contributed by atoms with Gasteiger partial charge in [-0.15, -0.1) is 0 Å². The predicted molar refractivity (Wildman–Crippen MR) is 46.0 cm³/mol. The molecule has 0 aromatic carbocycles. The zero-order chi connectivity index (χ0) is 7.56. The maximum absolute atomic E-state index is 2.33. The molecule has 60 valence electrons. The Morgan fingerprint density at radius 2 is 1.80 bits per heavy atom. The van der Waals surface area contributed by atoms with Crippen LogP contribution >= 0.6 is 0 Å². The maximum atomic E-state index is 2.33. The molecule has 0 aliphatic heterocycles. The lowest BCUT2D eigenvalue weighted by molar-refractivity contribution is 0.161. The van der Waals surface area contributed by atoms with Gasteiger partial charge in [0.1, 0.15) is 0 Å². The first-order chi connectivity index (χ1) is 4.72. The molecule has 1 aliphatic rings. The molecule has 0 saturated heterocycles. The topological polar surface area (TPSA) is 0 Å². The van der Waals surface area contributed by atoms with Gasteiger partial charge in [-0.1, -0.05) is 27.2 Å². The van der Waals surface area contributed by atoms with E-state index in [1.165, 1.54) is 25.7 Å². The molecular formula is C10H20. The van der Waals surface area contributed by atoms with E-state index in [0.717, 1.165) is 17.8 Å². The largest absolute Gasteiger partial charge is 0.0651 e.